The number of nitrogens with zero attached hydrogens (tertiary/aromatic N) is 8. The van der Waals surface area contributed by atoms with Crippen LogP contribution < -0.4 is 4.90 Å². The van der Waals surface area contributed by atoms with Gasteiger partial charge in [0.25, 0.3) is 5.95 Å². The molecule has 6 rings (SSSR count). The highest BCUT2D eigenvalue weighted by atomic mass is 15.4. The van der Waals surface area contributed by atoms with Crippen LogP contribution in [-0.4, -0.2) is 40.6 Å². The normalized spacial score (nSPS) is 17.9. The molecule has 4 aromatic rings. The molecule has 0 radical (unpaired) electrons. The van der Waals surface area contributed by atoms with Crippen molar-refractivity contribution >= 4 is 5.82 Å². The molecule has 31 heavy (non-hydrogen) atoms. The number of fused-ring (bicyclic) bond motifs is 3. The SMILES string of the molecule is CC[C@@H]1c2nnc(C)n2-c2cnc(-n3nccc3-c3ccccc3)nc2N1C1CCC1. The van der Waals surface area contributed by atoms with Crippen LogP contribution in [0.3, 0.4) is 0 Å². The first-order valence-electron chi connectivity index (χ1n) is 10.9. The maximum Gasteiger partial charge on any atom is 0.253 e. The summed E-state index contributed by atoms with van der Waals surface area (Å²) in [4.78, 5) is 12.3. The Morgan fingerprint density at radius 1 is 1.06 bits per heavy atom. The molecule has 0 unspecified atom stereocenters. The van der Waals surface area contributed by atoms with Crippen molar-refractivity contribution in [3.05, 3.63) is 60.4 Å². The Morgan fingerprint density at radius 2 is 1.90 bits per heavy atom. The van der Waals surface area contributed by atoms with E-state index >= 15 is 0 Å². The van der Waals surface area contributed by atoms with Gasteiger partial charge in [-0.25, -0.2) is 4.98 Å². The summed E-state index contributed by atoms with van der Waals surface area (Å²) in [5, 5.41) is 13.4. The van der Waals surface area contributed by atoms with Gasteiger partial charge in [-0.1, -0.05) is 37.3 Å². The minimum absolute atomic E-state index is 0.160. The molecule has 0 bridgehead atoms. The number of rotatable bonds is 4. The van der Waals surface area contributed by atoms with Gasteiger partial charge in [0, 0.05) is 11.6 Å². The first-order valence-corrected chi connectivity index (χ1v) is 10.9. The standard InChI is InChI=1S/C23H24N8/c1-3-18-22-28-27-15(2)29(22)20-14-24-23(26-21(20)30(18)17-10-7-11-17)31-19(12-13-25-31)16-8-5-4-6-9-16/h4-6,8-9,12-14,17-18H,3,7,10-11H2,1-2H3/t18-/m1/s1. The second-order valence-corrected chi connectivity index (χ2v) is 8.23. The van der Waals surface area contributed by atoms with Crippen molar-refractivity contribution in [1.29, 1.82) is 0 Å². The summed E-state index contributed by atoms with van der Waals surface area (Å²) in [7, 11) is 0. The predicted octanol–water partition coefficient (Wildman–Crippen LogP) is 4.04. The van der Waals surface area contributed by atoms with Crippen molar-refractivity contribution in [2.45, 2.75) is 51.6 Å². The minimum Gasteiger partial charge on any atom is -0.341 e. The third kappa shape index (κ3) is 2.71. The van der Waals surface area contributed by atoms with Gasteiger partial charge in [0.05, 0.1) is 24.1 Å². The van der Waals surface area contributed by atoms with Gasteiger partial charge in [0.1, 0.15) is 11.5 Å². The van der Waals surface area contributed by atoms with E-state index in [1.807, 2.05) is 42.1 Å². The molecule has 1 fully saturated rings. The van der Waals surface area contributed by atoms with E-state index in [-0.39, 0.29) is 6.04 Å². The van der Waals surface area contributed by atoms with Gasteiger partial charge in [0.2, 0.25) is 0 Å². The second-order valence-electron chi connectivity index (χ2n) is 8.23. The fraction of sp³-hybridized carbons (Fsp3) is 0.348. The molecule has 156 valence electrons. The molecule has 8 heteroatoms. The van der Waals surface area contributed by atoms with E-state index in [1.54, 1.807) is 6.20 Å². The number of hydrogen-bond donors (Lipinski definition) is 0. The first kappa shape index (κ1) is 18.2. The van der Waals surface area contributed by atoms with Crippen LogP contribution in [0.2, 0.25) is 0 Å². The van der Waals surface area contributed by atoms with Gasteiger partial charge in [-0.15, -0.1) is 10.2 Å². The molecule has 8 nitrogen and oxygen atoms in total. The lowest BCUT2D eigenvalue weighted by molar-refractivity contribution is 0.341. The number of aromatic nitrogens is 7. The highest BCUT2D eigenvalue weighted by Crippen LogP contribution is 2.44. The highest BCUT2D eigenvalue weighted by molar-refractivity contribution is 5.65. The summed E-state index contributed by atoms with van der Waals surface area (Å²) in [5.74, 6) is 3.38. The van der Waals surface area contributed by atoms with E-state index in [1.165, 1.54) is 19.3 Å². The summed E-state index contributed by atoms with van der Waals surface area (Å²) in [5.41, 5.74) is 3.01. The molecule has 1 atom stereocenters. The minimum atomic E-state index is 0.160. The molecule has 1 saturated carbocycles. The van der Waals surface area contributed by atoms with Crippen LogP contribution in [0.4, 0.5) is 5.82 Å². The lowest BCUT2D eigenvalue weighted by atomic mass is 9.89. The zero-order valence-electron chi connectivity index (χ0n) is 17.7. The molecular weight excluding hydrogens is 388 g/mol. The predicted molar refractivity (Wildman–Crippen MR) is 117 cm³/mol. The van der Waals surface area contributed by atoms with Crippen molar-refractivity contribution in [2.75, 3.05) is 4.90 Å². The van der Waals surface area contributed by atoms with Crippen molar-refractivity contribution in [1.82, 2.24) is 34.5 Å². The van der Waals surface area contributed by atoms with Crippen LogP contribution in [0, 0.1) is 6.92 Å². The average Bonchev–Trinajstić information content (AvgIpc) is 3.40. The van der Waals surface area contributed by atoms with E-state index in [4.69, 9.17) is 9.97 Å². The maximum atomic E-state index is 5.08. The van der Waals surface area contributed by atoms with E-state index in [0.29, 0.717) is 12.0 Å². The average molecular weight is 413 g/mol. The molecule has 1 aliphatic carbocycles. The first-order chi connectivity index (χ1) is 15.3. The fourth-order valence-electron chi connectivity index (χ4n) is 4.73. The molecule has 0 N–H and O–H groups in total. The maximum absolute atomic E-state index is 5.08. The monoisotopic (exact) mass is 412 g/mol. The van der Waals surface area contributed by atoms with Crippen molar-refractivity contribution in [3.63, 3.8) is 0 Å². The number of anilines is 1. The van der Waals surface area contributed by atoms with Crippen molar-refractivity contribution in [3.8, 4) is 22.9 Å². The topological polar surface area (TPSA) is 77.5 Å². The van der Waals surface area contributed by atoms with Crippen LogP contribution in [0.25, 0.3) is 22.9 Å². The smallest absolute Gasteiger partial charge is 0.253 e. The van der Waals surface area contributed by atoms with E-state index < -0.39 is 0 Å². The van der Waals surface area contributed by atoms with E-state index in [2.05, 4.69) is 43.8 Å². The van der Waals surface area contributed by atoms with Gasteiger partial charge in [0.15, 0.2) is 11.6 Å². The molecule has 0 spiro atoms. The zero-order chi connectivity index (χ0) is 20.9. The van der Waals surface area contributed by atoms with Crippen molar-refractivity contribution in [2.24, 2.45) is 0 Å². The van der Waals surface area contributed by atoms with Gasteiger partial charge in [-0.05, 0) is 38.7 Å². The van der Waals surface area contributed by atoms with Crippen molar-refractivity contribution < 1.29 is 0 Å². The highest BCUT2D eigenvalue weighted by Gasteiger charge is 2.40. The third-order valence-electron chi connectivity index (χ3n) is 6.46. The summed E-state index contributed by atoms with van der Waals surface area (Å²) in [6, 6.07) is 12.9. The quantitative estimate of drug-likeness (QED) is 0.503. The second kappa shape index (κ2) is 7.01. The van der Waals surface area contributed by atoms with E-state index in [0.717, 1.165) is 40.8 Å². The Morgan fingerprint density at radius 3 is 2.65 bits per heavy atom. The van der Waals surface area contributed by atoms with Gasteiger partial charge >= 0.3 is 0 Å². The molecule has 0 amide bonds. The number of benzene rings is 1. The Labute approximate surface area is 180 Å². The summed E-state index contributed by atoms with van der Waals surface area (Å²) < 4.78 is 3.94. The van der Waals surface area contributed by atoms with E-state index in [9.17, 15) is 0 Å². The lowest BCUT2D eigenvalue weighted by Crippen LogP contribution is -2.46. The Kier molecular flexibility index (Phi) is 4.12. The molecule has 1 aliphatic heterocycles. The number of aryl methyl sites for hydroxylation is 1. The van der Waals surface area contributed by atoms with Crippen LogP contribution >= 0.6 is 0 Å². The van der Waals surface area contributed by atoms with Crippen LogP contribution in [0.1, 0.15) is 50.3 Å². The van der Waals surface area contributed by atoms with Crippen LogP contribution in [0.5, 0.6) is 0 Å². The summed E-state index contributed by atoms with van der Waals surface area (Å²) in [6.45, 7) is 4.19. The third-order valence-corrected chi connectivity index (χ3v) is 6.46. The van der Waals surface area contributed by atoms with Crippen LogP contribution in [-0.2, 0) is 0 Å². The number of hydrogen-bond acceptors (Lipinski definition) is 6. The molecule has 0 saturated heterocycles. The Hall–Kier alpha value is -3.55. The zero-order valence-corrected chi connectivity index (χ0v) is 17.7. The Balaban J connectivity index is 1.53. The van der Waals surface area contributed by atoms with Gasteiger partial charge in [-0.3, -0.25) is 4.57 Å². The lowest BCUT2D eigenvalue weighted by Gasteiger charge is -2.45. The molecular formula is C23H24N8. The summed E-state index contributed by atoms with van der Waals surface area (Å²) >= 11 is 0. The molecule has 1 aromatic carbocycles. The van der Waals surface area contributed by atoms with Gasteiger partial charge in [-0.2, -0.15) is 14.8 Å². The van der Waals surface area contributed by atoms with Crippen LogP contribution in [0.15, 0.2) is 48.8 Å². The molecule has 4 heterocycles. The van der Waals surface area contributed by atoms with Gasteiger partial charge < -0.3 is 4.90 Å². The summed E-state index contributed by atoms with van der Waals surface area (Å²) in [6.07, 6.45) is 8.26. The fourth-order valence-corrected chi connectivity index (χ4v) is 4.73. The Bertz CT molecular complexity index is 1240. The molecule has 3 aromatic heterocycles. The largest absolute Gasteiger partial charge is 0.341 e. The molecule has 2 aliphatic rings.